The lowest BCUT2D eigenvalue weighted by molar-refractivity contribution is -0.153. The molecule has 6 rings (SSSR count). The number of nitrogen functional groups attached to an aromatic ring is 1. The summed E-state index contributed by atoms with van der Waals surface area (Å²) >= 11 is 16.3. The number of aromatic nitrogens is 1. The normalized spacial score (nSPS) is 19.4. The SMILES string of the molecule is COc1ccc(COC(=O)C2=C(Sc3ccc(CCl)cc3CCl)CS[C@@H]3[C@H](NC(=O)/C(=N\OC4CCCC4)c4csc(N)n4)C(=O)N23)cc1. The van der Waals surface area contributed by atoms with Crippen LogP contribution in [0.25, 0.3) is 0 Å². The summed E-state index contributed by atoms with van der Waals surface area (Å²) in [6.45, 7) is -0.0147. The van der Waals surface area contributed by atoms with Crippen molar-refractivity contribution in [3.63, 3.8) is 0 Å². The van der Waals surface area contributed by atoms with Gasteiger partial charge >= 0.3 is 5.97 Å². The van der Waals surface area contributed by atoms with Crippen LogP contribution in [0, 0.1) is 0 Å². The molecule has 0 spiro atoms. The number of rotatable bonds is 13. The van der Waals surface area contributed by atoms with E-state index in [0.717, 1.165) is 47.3 Å². The lowest BCUT2D eigenvalue weighted by Crippen LogP contribution is -2.71. The van der Waals surface area contributed by atoms with Crippen molar-refractivity contribution in [3.8, 4) is 5.75 Å². The van der Waals surface area contributed by atoms with E-state index in [1.807, 2.05) is 18.2 Å². The van der Waals surface area contributed by atoms with Crippen LogP contribution in [-0.4, -0.2) is 63.8 Å². The largest absolute Gasteiger partial charge is 0.497 e. The molecule has 2 aromatic carbocycles. The molecule has 3 heterocycles. The summed E-state index contributed by atoms with van der Waals surface area (Å²) in [6, 6.07) is 12.0. The number of nitrogens with zero attached hydrogens (tertiary/aromatic N) is 3. The number of anilines is 1. The van der Waals surface area contributed by atoms with Crippen molar-refractivity contribution in [1.29, 1.82) is 0 Å². The first kappa shape index (κ1) is 35.4. The second kappa shape index (κ2) is 16.1. The van der Waals surface area contributed by atoms with Crippen molar-refractivity contribution >= 4 is 86.7 Å². The highest BCUT2D eigenvalue weighted by Gasteiger charge is 2.55. The predicted molar refractivity (Wildman–Crippen MR) is 193 cm³/mol. The lowest BCUT2D eigenvalue weighted by atomic mass is 10.0. The third kappa shape index (κ3) is 7.99. The molecule has 1 aliphatic carbocycles. The molecule has 258 valence electrons. The molecular formula is C33H33Cl2N5O6S3. The summed E-state index contributed by atoms with van der Waals surface area (Å²) in [5.74, 6) is -0.103. The van der Waals surface area contributed by atoms with Gasteiger partial charge < -0.3 is 25.4 Å². The number of hydrogen-bond donors (Lipinski definition) is 2. The maximum Gasteiger partial charge on any atom is 0.356 e. The molecule has 11 nitrogen and oxygen atoms in total. The van der Waals surface area contributed by atoms with Gasteiger partial charge in [0.1, 0.15) is 41.3 Å². The molecule has 2 fully saturated rings. The number of nitrogens with two attached hydrogens (primary N) is 1. The van der Waals surface area contributed by atoms with E-state index in [1.54, 1.807) is 36.8 Å². The Morgan fingerprint density at radius 2 is 1.88 bits per heavy atom. The molecule has 0 unspecified atom stereocenters. The number of alkyl halides is 2. The molecule has 3 N–H and O–H groups in total. The minimum Gasteiger partial charge on any atom is -0.497 e. The number of carbonyl (C=O) groups excluding carboxylic acids is 3. The van der Waals surface area contributed by atoms with Crippen LogP contribution in [0.15, 0.2) is 68.5 Å². The highest BCUT2D eigenvalue weighted by atomic mass is 35.5. The Bertz CT molecular complexity index is 1780. The summed E-state index contributed by atoms with van der Waals surface area (Å²) in [6.07, 6.45) is 3.66. The fourth-order valence-corrected chi connectivity index (χ4v) is 9.17. The Kier molecular flexibility index (Phi) is 11.6. The van der Waals surface area contributed by atoms with Gasteiger partial charge in [0, 0.05) is 32.7 Å². The number of β-lactam (4-membered cyclic amide) rings is 1. The number of benzene rings is 2. The minimum absolute atomic E-state index is 0.0147. The number of fused-ring (bicyclic) bond motifs is 1. The first-order chi connectivity index (χ1) is 23.8. The van der Waals surface area contributed by atoms with Gasteiger partial charge in [0.25, 0.3) is 11.8 Å². The summed E-state index contributed by atoms with van der Waals surface area (Å²) in [4.78, 5) is 54.0. The average Bonchev–Trinajstić information content (AvgIpc) is 3.81. The quantitative estimate of drug-likeness (QED) is 0.0697. The number of thioether (sulfide) groups is 2. The summed E-state index contributed by atoms with van der Waals surface area (Å²) in [5, 5.41) is 8.31. The van der Waals surface area contributed by atoms with Gasteiger partial charge in [-0.05, 0) is 60.6 Å². The minimum atomic E-state index is -0.928. The first-order valence-electron chi connectivity index (χ1n) is 15.4. The van der Waals surface area contributed by atoms with Crippen LogP contribution in [0.1, 0.15) is 48.1 Å². The number of halogens is 2. The second-order valence-electron chi connectivity index (χ2n) is 11.4. The monoisotopic (exact) mass is 761 g/mol. The standard InChI is InChI=1S/C33H33Cl2N5O6S3/c1-44-21-9-6-18(7-10-21)15-45-32(43)28-25(49-24-11-8-19(13-34)12-20(24)14-35)17-47-31-27(30(42)40(28)31)38-29(41)26(23-16-48-33(36)37-23)39-46-22-4-2-3-5-22/h6-12,16,22,27,31H,2-5,13-15,17H2,1H3,(H2,36,37)(H,38,41)/b39-26-/t27-,31-/m1/s1. The van der Waals surface area contributed by atoms with Crippen LogP contribution in [0.5, 0.6) is 5.75 Å². The van der Waals surface area contributed by atoms with Crippen LogP contribution in [0.4, 0.5) is 5.13 Å². The van der Waals surface area contributed by atoms with Gasteiger partial charge in [-0.1, -0.05) is 41.2 Å². The van der Waals surface area contributed by atoms with E-state index in [9.17, 15) is 14.4 Å². The van der Waals surface area contributed by atoms with Crippen LogP contribution < -0.4 is 15.8 Å². The Morgan fingerprint density at radius 3 is 2.55 bits per heavy atom. The van der Waals surface area contributed by atoms with E-state index < -0.39 is 29.2 Å². The van der Waals surface area contributed by atoms with E-state index in [0.29, 0.717) is 22.3 Å². The topological polar surface area (TPSA) is 145 Å². The van der Waals surface area contributed by atoms with Crippen molar-refractivity contribution in [2.45, 2.75) is 66.5 Å². The number of amides is 2. The van der Waals surface area contributed by atoms with Crippen molar-refractivity contribution in [3.05, 3.63) is 80.8 Å². The lowest BCUT2D eigenvalue weighted by Gasteiger charge is -2.49. The highest BCUT2D eigenvalue weighted by molar-refractivity contribution is 8.06. The molecule has 1 aromatic heterocycles. The van der Waals surface area contributed by atoms with Crippen LogP contribution in [0.2, 0.25) is 0 Å². The van der Waals surface area contributed by atoms with Crippen LogP contribution in [-0.2, 0) is 42.3 Å². The zero-order valence-electron chi connectivity index (χ0n) is 26.4. The van der Waals surface area contributed by atoms with Crippen molar-refractivity contribution in [2.75, 3.05) is 18.6 Å². The maximum atomic E-state index is 13.8. The van der Waals surface area contributed by atoms with Gasteiger partial charge in [0.2, 0.25) is 0 Å². The van der Waals surface area contributed by atoms with Crippen molar-refractivity contribution < 1.29 is 28.7 Å². The Hall–Kier alpha value is -3.43. The number of nitrogens with one attached hydrogen (secondary N) is 1. The van der Waals surface area contributed by atoms with Gasteiger partial charge in [-0.3, -0.25) is 14.5 Å². The Morgan fingerprint density at radius 1 is 1.12 bits per heavy atom. The Balaban J connectivity index is 1.24. The van der Waals surface area contributed by atoms with Gasteiger partial charge in [-0.2, -0.15) is 0 Å². The number of oxime groups is 1. The number of methoxy groups -OCH3 is 1. The Labute approximate surface area is 305 Å². The first-order valence-corrected chi connectivity index (χ1v) is 19.3. The molecule has 2 aliphatic heterocycles. The highest BCUT2D eigenvalue weighted by Crippen LogP contribution is 2.46. The van der Waals surface area contributed by atoms with Crippen LogP contribution >= 0.6 is 58.1 Å². The summed E-state index contributed by atoms with van der Waals surface area (Å²) in [5.41, 5.74) is 8.69. The number of esters is 1. The molecule has 2 atom stereocenters. The number of hydrogen-bond acceptors (Lipinski definition) is 12. The zero-order chi connectivity index (χ0) is 34.5. The molecular weight excluding hydrogens is 729 g/mol. The molecule has 3 aliphatic rings. The zero-order valence-corrected chi connectivity index (χ0v) is 30.3. The number of carbonyl (C=O) groups is 3. The van der Waals surface area contributed by atoms with E-state index in [1.165, 1.54) is 39.8 Å². The van der Waals surface area contributed by atoms with Gasteiger partial charge in [-0.15, -0.1) is 46.3 Å². The van der Waals surface area contributed by atoms with Crippen molar-refractivity contribution in [1.82, 2.24) is 15.2 Å². The van der Waals surface area contributed by atoms with E-state index in [4.69, 9.17) is 43.2 Å². The molecule has 0 radical (unpaired) electrons. The third-order valence-electron chi connectivity index (χ3n) is 8.17. The molecule has 1 saturated carbocycles. The number of ether oxygens (including phenoxy) is 2. The fourth-order valence-electron chi connectivity index (χ4n) is 5.58. The van der Waals surface area contributed by atoms with E-state index in [2.05, 4.69) is 15.5 Å². The second-order valence-corrected chi connectivity index (χ2v) is 15.1. The van der Waals surface area contributed by atoms with Gasteiger partial charge in [0.15, 0.2) is 10.8 Å². The maximum absolute atomic E-state index is 13.8. The molecule has 2 amide bonds. The number of thiazole rings is 1. The molecule has 1 saturated heterocycles. The summed E-state index contributed by atoms with van der Waals surface area (Å²) < 4.78 is 11.0. The van der Waals surface area contributed by atoms with E-state index in [-0.39, 0.29) is 40.8 Å². The van der Waals surface area contributed by atoms with E-state index >= 15 is 0 Å². The molecule has 16 heteroatoms. The molecule has 49 heavy (non-hydrogen) atoms. The van der Waals surface area contributed by atoms with Crippen LogP contribution in [0.3, 0.4) is 0 Å². The van der Waals surface area contributed by atoms with Crippen molar-refractivity contribution in [2.24, 2.45) is 5.16 Å². The third-order valence-corrected chi connectivity index (χ3v) is 12.1. The van der Waals surface area contributed by atoms with Gasteiger partial charge in [0.05, 0.1) is 7.11 Å². The average molecular weight is 763 g/mol. The molecule has 0 bridgehead atoms. The smallest absolute Gasteiger partial charge is 0.356 e. The van der Waals surface area contributed by atoms with Gasteiger partial charge in [-0.25, -0.2) is 9.78 Å². The summed E-state index contributed by atoms with van der Waals surface area (Å²) in [7, 11) is 1.57. The molecule has 3 aromatic rings. The fraction of sp³-hybridized carbons (Fsp3) is 0.364. The predicted octanol–water partition coefficient (Wildman–Crippen LogP) is 6.02.